The summed E-state index contributed by atoms with van der Waals surface area (Å²) < 4.78 is 10.7. The molecule has 3 aromatic rings. The van der Waals surface area contributed by atoms with Crippen molar-refractivity contribution in [2.75, 3.05) is 14.2 Å². The fraction of sp³-hybridized carbons (Fsp3) is 0.316. The van der Waals surface area contributed by atoms with Crippen molar-refractivity contribution in [2.45, 2.75) is 25.9 Å². The Bertz CT molecular complexity index is 800. The summed E-state index contributed by atoms with van der Waals surface area (Å²) in [6, 6.07) is 8.39. The highest BCUT2D eigenvalue weighted by Gasteiger charge is 2.16. The zero-order valence-corrected chi connectivity index (χ0v) is 16.2. The van der Waals surface area contributed by atoms with Crippen molar-refractivity contribution in [3.63, 3.8) is 0 Å². The summed E-state index contributed by atoms with van der Waals surface area (Å²) in [6.07, 6.45) is 0.934. The summed E-state index contributed by atoms with van der Waals surface area (Å²) in [5.41, 5.74) is 3.56. The Hall–Kier alpha value is -1.89. The summed E-state index contributed by atoms with van der Waals surface area (Å²) in [4.78, 5) is 4.68. The van der Waals surface area contributed by atoms with Gasteiger partial charge in [-0.2, -0.15) is 11.3 Å². The fourth-order valence-electron chi connectivity index (χ4n) is 2.66. The Labute approximate surface area is 156 Å². The minimum Gasteiger partial charge on any atom is -0.493 e. The second-order valence-corrected chi connectivity index (χ2v) is 7.46. The first-order chi connectivity index (χ1) is 12.2. The van der Waals surface area contributed by atoms with Crippen molar-refractivity contribution in [3.05, 3.63) is 62.2 Å². The number of rotatable bonds is 8. The Morgan fingerprint density at radius 3 is 2.56 bits per heavy atom. The molecule has 2 heterocycles. The second-order valence-electron chi connectivity index (χ2n) is 5.79. The molecule has 0 unspecified atom stereocenters. The topological polar surface area (TPSA) is 43.4 Å². The van der Waals surface area contributed by atoms with Gasteiger partial charge in [0.05, 0.1) is 20.3 Å². The monoisotopic (exact) mass is 374 g/mol. The lowest BCUT2D eigenvalue weighted by atomic mass is 10.1. The molecule has 0 saturated carbocycles. The molecule has 0 saturated heterocycles. The van der Waals surface area contributed by atoms with Crippen LogP contribution in [-0.2, 0) is 13.0 Å². The van der Waals surface area contributed by atoms with Crippen LogP contribution in [0.1, 0.15) is 27.9 Å². The molecule has 1 aromatic carbocycles. The Balaban J connectivity index is 1.74. The fourth-order valence-corrected chi connectivity index (χ4v) is 4.21. The van der Waals surface area contributed by atoms with E-state index in [1.54, 1.807) is 36.9 Å². The molecule has 132 valence electrons. The standard InChI is InChI=1S/C19H22N2O2S2/c1-13-11-25-19(21-13)16(8-15-6-7-24-12-15)20-10-14-4-5-17(22-2)18(9-14)23-3/h4-7,9,11-12,16,20H,8,10H2,1-3H3/t16-/m1/s1. The van der Waals surface area contributed by atoms with Gasteiger partial charge in [0.25, 0.3) is 0 Å². The molecule has 1 N–H and O–H groups in total. The molecular weight excluding hydrogens is 352 g/mol. The first-order valence-electron chi connectivity index (χ1n) is 8.07. The number of hydrogen-bond acceptors (Lipinski definition) is 6. The average molecular weight is 375 g/mol. The minimum absolute atomic E-state index is 0.196. The smallest absolute Gasteiger partial charge is 0.161 e. The summed E-state index contributed by atoms with van der Waals surface area (Å²) in [5, 5.41) is 11.2. The molecule has 0 aliphatic carbocycles. The highest BCUT2D eigenvalue weighted by atomic mass is 32.1. The number of hydrogen-bond donors (Lipinski definition) is 1. The molecule has 0 spiro atoms. The number of aryl methyl sites for hydroxylation is 1. The van der Waals surface area contributed by atoms with Gasteiger partial charge in [0, 0.05) is 17.6 Å². The number of nitrogens with one attached hydrogen (secondary N) is 1. The van der Waals surface area contributed by atoms with Gasteiger partial charge in [-0.3, -0.25) is 0 Å². The Kier molecular flexibility index (Phi) is 6.07. The molecule has 0 aliphatic heterocycles. The molecule has 0 aliphatic rings. The van der Waals surface area contributed by atoms with Gasteiger partial charge in [0.15, 0.2) is 11.5 Å². The molecule has 0 fully saturated rings. The van der Waals surface area contributed by atoms with Crippen LogP contribution in [0.2, 0.25) is 0 Å². The van der Waals surface area contributed by atoms with Crippen molar-refractivity contribution in [2.24, 2.45) is 0 Å². The van der Waals surface area contributed by atoms with Gasteiger partial charge < -0.3 is 14.8 Å². The number of aromatic nitrogens is 1. The van der Waals surface area contributed by atoms with Crippen molar-refractivity contribution in [1.82, 2.24) is 10.3 Å². The maximum atomic E-state index is 5.40. The van der Waals surface area contributed by atoms with Crippen LogP contribution in [0, 0.1) is 6.92 Å². The van der Waals surface area contributed by atoms with Crippen LogP contribution in [0.5, 0.6) is 11.5 Å². The molecule has 25 heavy (non-hydrogen) atoms. The molecule has 0 radical (unpaired) electrons. The second kappa shape index (κ2) is 8.47. The van der Waals surface area contributed by atoms with E-state index in [4.69, 9.17) is 9.47 Å². The highest BCUT2D eigenvalue weighted by molar-refractivity contribution is 7.09. The zero-order chi connectivity index (χ0) is 17.6. The predicted molar refractivity (Wildman–Crippen MR) is 104 cm³/mol. The number of benzene rings is 1. The van der Waals surface area contributed by atoms with Gasteiger partial charge in [-0.25, -0.2) is 4.98 Å². The van der Waals surface area contributed by atoms with Crippen LogP contribution in [0.3, 0.4) is 0 Å². The predicted octanol–water partition coefficient (Wildman–Crippen LogP) is 4.60. The molecule has 2 aromatic heterocycles. The van der Waals surface area contributed by atoms with Gasteiger partial charge in [0.2, 0.25) is 0 Å². The Morgan fingerprint density at radius 2 is 1.92 bits per heavy atom. The van der Waals surface area contributed by atoms with Crippen LogP contribution < -0.4 is 14.8 Å². The van der Waals surface area contributed by atoms with Crippen LogP contribution in [0.15, 0.2) is 40.4 Å². The lowest BCUT2D eigenvalue weighted by Crippen LogP contribution is -2.22. The third-order valence-corrected chi connectivity index (χ3v) is 5.76. The third-order valence-electron chi connectivity index (χ3n) is 3.96. The number of thiazole rings is 1. The average Bonchev–Trinajstić information content (AvgIpc) is 3.29. The normalized spacial score (nSPS) is 12.1. The van der Waals surface area contributed by atoms with Crippen molar-refractivity contribution < 1.29 is 9.47 Å². The maximum absolute atomic E-state index is 5.40. The SMILES string of the molecule is COc1ccc(CN[C@H](Cc2ccsc2)c2nc(C)cs2)cc1OC. The molecule has 1 atom stereocenters. The first kappa shape index (κ1) is 17.9. The van der Waals surface area contributed by atoms with E-state index in [0.29, 0.717) is 0 Å². The molecule has 0 amide bonds. The quantitative estimate of drug-likeness (QED) is 0.626. The number of thiophene rings is 1. The molecular formula is C19H22N2O2S2. The summed E-state index contributed by atoms with van der Waals surface area (Å²) in [7, 11) is 3.31. The van der Waals surface area contributed by atoms with Gasteiger partial charge in [-0.15, -0.1) is 11.3 Å². The number of ether oxygens (including phenoxy) is 2. The van der Waals surface area contributed by atoms with E-state index < -0.39 is 0 Å². The van der Waals surface area contributed by atoms with E-state index in [2.05, 4.69) is 38.6 Å². The first-order valence-corrected chi connectivity index (χ1v) is 9.89. The van der Waals surface area contributed by atoms with Crippen LogP contribution in [0.4, 0.5) is 0 Å². The van der Waals surface area contributed by atoms with E-state index in [-0.39, 0.29) is 6.04 Å². The number of methoxy groups -OCH3 is 2. The van der Waals surface area contributed by atoms with Crippen molar-refractivity contribution in [3.8, 4) is 11.5 Å². The number of nitrogens with zero attached hydrogens (tertiary/aromatic N) is 1. The Morgan fingerprint density at radius 1 is 1.08 bits per heavy atom. The van der Waals surface area contributed by atoms with E-state index in [9.17, 15) is 0 Å². The van der Waals surface area contributed by atoms with Gasteiger partial charge in [0.1, 0.15) is 5.01 Å². The van der Waals surface area contributed by atoms with Crippen LogP contribution in [0.25, 0.3) is 0 Å². The van der Waals surface area contributed by atoms with Crippen molar-refractivity contribution >= 4 is 22.7 Å². The van der Waals surface area contributed by atoms with Crippen LogP contribution >= 0.6 is 22.7 Å². The molecule has 0 bridgehead atoms. The highest BCUT2D eigenvalue weighted by Crippen LogP contribution is 2.28. The van der Waals surface area contributed by atoms with Crippen LogP contribution in [-0.4, -0.2) is 19.2 Å². The minimum atomic E-state index is 0.196. The van der Waals surface area contributed by atoms with E-state index in [1.165, 1.54) is 5.56 Å². The van der Waals surface area contributed by atoms with Gasteiger partial charge >= 0.3 is 0 Å². The lowest BCUT2D eigenvalue weighted by Gasteiger charge is -2.17. The third kappa shape index (κ3) is 4.60. The molecule has 6 heteroatoms. The summed E-state index contributed by atoms with van der Waals surface area (Å²) in [5.74, 6) is 1.50. The van der Waals surface area contributed by atoms with E-state index in [1.807, 2.05) is 19.1 Å². The molecule has 4 nitrogen and oxygen atoms in total. The molecule has 3 rings (SSSR count). The largest absolute Gasteiger partial charge is 0.493 e. The maximum Gasteiger partial charge on any atom is 0.161 e. The summed E-state index contributed by atoms with van der Waals surface area (Å²) in [6.45, 7) is 2.78. The van der Waals surface area contributed by atoms with Gasteiger partial charge in [-0.05, 0) is 53.4 Å². The van der Waals surface area contributed by atoms with E-state index >= 15 is 0 Å². The van der Waals surface area contributed by atoms with E-state index in [0.717, 1.165) is 40.7 Å². The van der Waals surface area contributed by atoms with Crippen molar-refractivity contribution in [1.29, 1.82) is 0 Å². The lowest BCUT2D eigenvalue weighted by molar-refractivity contribution is 0.354. The zero-order valence-electron chi connectivity index (χ0n) is 14.6. The summed E-state index contributed by atoms with van der Waals surface area (Å²) >= 11 is 3.44. The van der Waals surface area contributed by atoms with Gasteiger partial charge in [-0.1, -0.05) is 6.07 Å².